The molecule has 0 aliphatic heterocycles. The van der Waals surface area contributed by atoms with Crippen LogP contribution in [0.15, 0.2) is 59.8 Å². The van der Waals surface area contributed by atoms with Gasteiger partial charge in [0, 0.05) is 12.1 Å². The van der Waals surface area contributed by atoms with E-state index in [0.29, 0.717) is 17.5 Å². The summed E-state index contributed by atoms with van der Waals surface area (Å²) in [4.78, 5) is 28.6. The summed E-state index contributed by atoms with van der Waals surface area (Å²) >= 11 is 1.16. The number of benzene rings is 2. The molecular weight excluding hydrogens is 390 g/mol. The Bertz CT molecular complexity index is 960. The molecule has 3 rings (SSSR count). The van der Waals surface area contributed by atoms with Crippen LogP contribution in [0.4, 0.5) is 4.79 Å². The number of nitrogens with one attached hydrogen (secondary N) is 3. The molecule has 1 atom stereocenters. The van der Waals surface area contributed by atoms with Crippen LogP contribution in [-0.2, 0) is 11.3 Å². The quantitative estimate of drug-likeness (QED) is 0.516. The van der Waals surface area contributed by atoms with Crippen LogP contribution in [0.1, 0.15) is 12.5 Å². The van der Waals surface area contributed by atoms with Crippen LogP contribution >= 0.6 is 11.8 Å². The molecule has 3 aromatic rings. The van der Waals surface area contributed by atoms with Gasteiger partial charge in [-0.15, -0.1) is 5.10 Å². The third kappa shape index (κ3) is 5.82. The minimum absolute atomic E-state index is 0.341. The lowest BCUT2D eigenvalue weighted by molar-refractivity contribution is -0.119. The Morgan fingerprint density at radius 1 is 1.14 bits per heavy atom. The van der Waals surface area contributed by atoms with Gasteiger partial charge in [-0.05, 0) is 36.8 Å². The molecule has 0 fully saturated rings. The van der Waals surface area contributed by atoms with Gasteiger partial charge < -0.3 is 10.1 Å². The fraction of sp³-hybridized carbons (Fsp3) is 0.200. The lowest BCUT2D eigenvalue weighted by atomic mass is 10.2. The van der Waals surface area contributed by atoms with Crippen LogP contribution in [0.5, 0.6) is 5.75 Å². The van der Waals surface area contributed by atoms with E-state index in [2.05, 4.69) is 25.8 Å². The first kappa shape index (κ1) is 20.4. The first-order valence-corrected chi connectivity index (χ1v) is 9.79. The van der Waals surface area contributed by atoms with E-state index in [9.17, 15) is 9.59 Å². The monoisotopic (exact) mass is 411 g/mol. The molecule has 1 heterocycles. The minimum Gasteiger partial charge on any atom is -0.497 e. The molecule has 0 aliphatic rings. The van der Waals surface area contributed by atoms with Crippen LogP contribution in [0.2, 0.25) is 0 Å². The van der Waals surface area contributed by atoms with Crippen LogP contribution in [0.25, 0.3) is 11.4 Å². The second kappa shape index (κ2) is 9.74. The molecule has 3 amide bonds. The van der Waals surface area contributed by atoms with Gasteiger partial charge in [0.2, 0.25) is 11.1 Å². The van der Waals surface area contributed by atoms with E-state index in [1.807, 2.05) is 54.6 Å². The van der Waals surface area contributed by atoms with Gasteiger partial charge in [0.05, 0.1) is 12.4 Å². The largest absolute Gasteiger partial charge is 0.497 e. The zero-order valence-corrected chi connectivity index (χ0v) is 16.8. The number of aromatic amines is 1. The highest BCUT2D eigenvalue weighted by atomic mass is 32.2. The van der Waals surface area contributed by atoms with Gasteiger partial charge in [-0.3, -0.25) is 15.2 Å². The number of methoxy groups -OCH3 is 1. The van der Waals surface area contributed by atoms with Crippen molar-refractivity contribution in [1.29, 1.82) is 0 Å². The molecule has 0 spiro atoms. The number of carbonyl (C=O) groups is 2. The van der Waals surface area contributed by atoms with E-state index >= 15 is 0 Å². The molecule has 1 aromatic heterocycles. The minimum atomic E-state index is -0.544. The lowest BCUT2D eigenvalue weighted by Gasteiger charge is -2.10. The summed E-state index contributed by atoms with van der Waals surface area (Å²) in [6.45, 7) is 2.03. The molecule has 0 bridgehead atoms. The number of hydrogen-bond donors (Lipinski definition) is 3. The van der Waals surface area contributed by atoms with Gasteiger partial charge in [0.25, 0.3) is 0 Å². The first-order chi connectivity index (χ1) is 14.0. The Balaban J connectivity index is 1.50. The normalized spacial score (nSPS) is 11.5. The smallest absolute Gasteiger partial charge is 0.321 e. The number of thioether (sulfide) groups is 1. The fourth-order valence-corrected chi connectivity index (χ4v) is 3.15. The third-order valence-electron chi connectivity index (χ3n) is 4.01. The molecule has 0 aliphatic carbocycles. The number of H-pyrrole nitrogens is 1. The molecule has 8 nitrogen and oxygen atoms in total. The summed E-state index contributed by atoms with van der Waals surface area (Å²) in [5.41, 5.74) is 1.80. The van der Waals surface area contributed by atoms with Gasteiger partial charge in [-0.25, -0.2) is 9.78 Å². The summed E-state index contributed by atoms with van der Waals surface area (Å²) in [5.74, 6) is 0.915. The Labute approximate surface area is 172 Å². The number of amides is 3. The second-order valence-corrected chi connectivity index (χ2v) is 7.42. The van der Waals surface area contributed by atoms with Crippen molar-refractivity contribution in [2.75, 3.05) is 7.11 Å². The molecule has 2 aromatic carbocycles. The van der Waals surface area contributed by atoms with E-state index in [1.54, 1.807) is 14.0 Å². The van der Waals surface area contributed by atoms with Crippen molar-refractivity contribution in [3.05, 3.63) is 60.2 Å². The van der Waals surface area contributed by atoms with Crippen LogP contribution in [0.3, 0.4) is 0 Å². The molecule has 29 heavy (non-hydrogen) atoms. The van der Waals surface area contributed by atoms with Gasteiger partial charge >= 0.3 is 6.03 Å². The molecule has 0 unspecified atom stereocenters. The van der Waals surface area contributed by atoms with Gasteiger partial charge in [-0.1, -0.05) is 42.1 Å². The van der Waals surface area contributed by atoms with Crippen molar-refractivity contribution in [2.24, 2.45) is 0 Å². The summed E-state index contributed by atoms with van der Waals surface area (Å²) in [6.07, 6.45) is 0. The zero-order valence-electron chi connectivity index (χ0n) is 16.0. The standard InChI is InChI=1S/C20H21N5O3S/c1-13(18(26)23-19(27)21-12-14-6-4-3-5-7-14)29-20-22-17(24-25-20)15-8-10-16(28-2)11-9-15/h3-11,13H,12H2,1-2H3,(H,22,24,25)(H2,21,23,26,27)/t13-/m1/s1. The number of ether oxygens (including phenoxy) is 1. The fourth-order valence-electron chi connectivity index (χ4n) is 2.42. The van der Waals surface area contributed by atoms with Crippen molar-refractivity contribution in [3.63, 3.8) is 0 Å². The summed E-state index contributed by atoms with van der Waals surface area (Å²) in [6, 6.07) is 16.3. The predicted octanol–water partition coefficient (Wildman–Crippen LogP) is 2.99. The predicted molar refractivity (Wildman–Crippen MR) is 111 cm³/mol. The number of nitrogens with zero attached hydrogens (tertiary/aromatic N) is 2. The molecule has 3 N–H and O–H groups in total. The first-order valence-electron chi connectivity index (χ1n) is 8.91. The number of aromatic nitrogens is 3. The third-order valence-corrected chi connectivity index (χ3v) is 4.97. The van der Waals surface area contributed by atoms with Gasteiger partial charge in [-0.2, -0.15) is 0 Å². The molecule has 150 valence electrons. The lowest BCUT2D eigenvalue weighted by Crippen LogP contribution is -2.42. The maximum atomic E-state index is 12.2. The Kier molecular flexibility index (Phi) is 6.85. The van der Waals surface area contributed by atoms with Crippen molar-refractivity contribution in [1.82, 2.24) is 25.8 Å². The van der Waals surface area contributed by atoms with E-state index in [4.69, 9.17) is 4.74 Å². The van der Waals surface area contributed by atoms with Crippen LogP contribution in [0, 0.1) is 0 Å². The second-order valence-electron chi connectivity index (χ2n) is 6.11. The highest BCUT2D eigenvalue weighted by Crippen LogP contribution is 2.24. The van der Waals surface area contributed by atoms with E-state index in [0.717, 1.165) is 28.6 Å². The number of carbonyl (C=O) groups excluding carboxylic acids is 2. The average molecular weight is 411 g/mol. The van der Waals surface area contributed by atoms with Gasteiger partial charge in [0.15, 0.2) is 5.82 Å². The maximum Gasteiger partial charge on any atom is 0.321 e. The molecular formula is C20H21N5O3S. The van der Waals surface area contributed by atoms with Gasteiger partial charge in [0.1, 0.15) is 5.75 Å². The number of rotatable bonds is 7. The highest BCUT2D eigenvalue weighted by molar-refractivity contribution is 8.00. The number of imide groups is 1. The van der Waals surface area contributed by atoms with Crippen LogP contribution < -0.4 is 15.4 Å². The maximum absolute atomic E-state index is 12.2. The van der Waals surface area contributed by atoms with E-state index < -0.39 is 17.2 Å². The topological polar surface area (TPSA) is 109 Å². The van der Waals surface area contributed by atoms with E-state index in [1.165, 1.54) is 0 Å². The molecule has 0 saturated heterocycles. The zero-order chi connectivity index (χ0) is 20.6. The van der Waals surface area contributed by atoms with Crippen molar-refractivity contribution in [3.8, 4) is 17.1 Å². The van der Waals surface area contributed by atoms with E-state index in [-0.39, 0.29) is 0 Å². The summed E-state index contributed by atoms with van der Waals surface area (Å²) in [7, 11) is 1.60. The highest BCUT2D eigenvalue weighted by Gasteiger charge is 2.19. The van der Waals surface area contributed by atoms with Crippen molar-refractivity contribution in [2.45, 2.75) is 23.9 Å². The van der Waals surface area contributed by atoms with Crippen molar-refractivity contribution < 1.29 is 14.3 Å². The Morgan fingerprint density at radius 3 is 2.55 bits per heavy atom. The number of urea groups is 1. The summed E-state index contributed by atoms with van der Waals surface area (Å²) < 4.78 is 5.14. The number of hydrogen-bond acceptors (Lipinski definition) is 6. The Hall–Kier alpha value is -3.33. The molecule has 9 heteroatoms. The molecule has 0 radical (unpaired) electrons. The molecule has 0 saturated carbocycles. The van der Waals surface area contributed by atoms with Crippen molar-refractivity contribution >= 4 is 23.7 Å². The van der Waals surface area contributed by atoms with Crippen LogP contribution in [-0.4, -0.2) is 39.5 Å². The Morgan fingerprint density at radius 2 is 1.86 bits per heavy atom. The average Bonchev–Trinajstić information content (AvgIpc) is 3.21. The SMILES string of the molecule is COc1ccc(-c2nc(S[C@H](C)C(=O)NC(=O)NCc3ccccc3)n[nH]2)cc1. The summed E-state index contributed by atoms with van der Waals surface area (Å²) in [5, 5.41) is 11.8.